The molecule has 1 fully saturated rings. The zero-order valence-electron chi connectivity index (χ0n) is 14.4. The Labute approximate surface area is 159 Å². The molecule has 27 heavy (non-hydrogen) atoms. The van der Waals surface area contributed by atoms with Gasteiger partial charge in [-0.1, -0.05) is 29.8 Å². The summed E-state index contributed by atoms with van der Waals surface area (Å²) in [6.07, 6.45) is 3.49. The molecule has 1 saturated heterocycles. The molecule has 136 valence electrons. The smallest absolute Gasteiger partial charge is 0.282 e. The molecule has 3 aromatic rings. The van der Waals surface area contributed by atoms with Crippen LogP contribution in [-0.4, -0.2) is 16.4 Å². The third-order valence-corrected chi connectivity index (χ3v) is 4.80. The molecule has 1 aromatic heterocycles. The summed E-state index contributed by atoms with van der Waals surface area (Å²) in [4.78, 5) is 25.1. The molecule has 0 unspecified atom stereocenters. The predicted molar refractivity (Wildman–Crippen MR) is 103 cm³/mol. The minimum absolute atomic E-state index is 0.00875. The molecule has 1 N–H and O–H groups in total. The number of rotatable bonds is 3. The van der Waals surface area contributed by atoms with Crippen molar-refractivity contribution in [2.75, 3.05) is 5.01 Å². The van der Waals surface area contributed by atoms with Gasteiger partial charge in [0.25, 0.3) is 11.8 Å². The third-order valence-electron chi connectivity index (χ3n) is 4.51. The largest absolute Gasteiger partial charge is 0.347 e. The first-order valence-corrected chi connectivity index (χ1v) is 8.77. The summed E-state index contributed by atoms with van der Waals surface area (Å²) in [6.45, 7) is 2.79. The average molecular weight is 384 g/mol. The van der Waals surface area contributed by atoms with E-state index in [0.29, 0.717) is 5.69 Å². The van der Waals surface area contributed by atoms with E-state index in [2.05, 4.69) is 9.99 Å². The number of amides is 2. The van der Waals surface area contributed by atoms with Gasteiger partial charge in [0, 0.05) is 29.2 Å². The summed E-state index contributed by atoms with van der Waals surface area (Å²) in [5.74, 6) is -1.63. The van der Waals surface area contributed by atoms with Crippen LogP contribution in [0.2, 0.25) is 5.02 Å². The molecule has 0 spiro atoms. The monoisotopic (exact) mass is 383 g/mol. The van der Waals surface area contributed by atoms with Gasteiger partial charge in [0.05, 0.1) is 10.7 Å². The zero-order valence-corrected chi connectivity index (χ0v) is 15.1. The maximum absolute atomic E-state index is 13.4. The van der Waals surface area contributed by atoms with E-state index in [0.717, 1.165) is 34.1 Å². The third kappa shape index (κ3) is 2.88. The fraction of sp³-hybridized carbons (Fsp3) is 0.100. The molecule has 0 bridgehead atoms. The lowest BCUT2D eigenvalue weighted by atomic mass is 10.1. The summed E-state index contributed by atoms with van der Waals surface area (Å²) >= 11 is 5.78. The van der Waals surface area contributed by atoms with Crippen LogP contribution < -0.4 is 10.4 Å². The molecule has 7 heteroatoms. The van der Waals surface area contributed by atoms with Crippen molar-refractivity contribution < 1.29 is 14.0 Å². The Hall–Kier alpha value is -3.12. The molecule has 0 radical (unpaired) electrons. The van der Waals surface area contributed by atoms with Gasteiger partial charge in [0.1, 0.15) is 11.4 Å². The number of halogens is 2. The second kappa shape index (κ2) is 6.55. The second-order valence-corrected chi connectivity index (χ2v) is 6.53. The number of fused-ring (bicyclic) bond motifs is 1. The molecule has 0 atom stereocenters. The van der Waals surface area contributed by atoms with E-state index in [-0.39, 0.29) is 10.6 Å². The van der Waals surface area contributed by atoms with Gasteiger partial charge in [0.2, 0.25) is 0 Å². The number of anilines is 1. The van der Waals surface area contributed by atoms with Crippen molar-refractivity contribution in [3.8, 4) is 0 Å². The highest BCUT2D eigenvalue weighted by Crippen LogP contribution is 2.28. The van der Waals surface area contributed by atoms with E-state index in [4.69, 9.17) is 11.6 Å². The van der Waals surface area contributed by atoms with E-state index >= 15 is 0 Å². The number of hydrazine groups is 1. The number of benzene rings is 2. The van der Waals surface area contributed by atoms with Gasteiger partial charge in [0.15, 0.2) is 0 Å². The van der Waals surface area contributed by atoms with Crippen LogP contribution in [0.25, 0.3) is 17.0 Å². The highest BCUT2D eigenvalue weighted by molar-refractivity contribution is 6.33. The molecule has 1 aliphatic rings. The Balaban J connectivity index is 1.75. The minimum atomic E-state index is -0.596. The first-order chi connectivity index (χ1) is 13.0. The van der Waals surface area contributed by atoms with E-state index in [1.165, 1.54) is 12.1 Å². The number of aryl methyl sites for hydroxylation is 1. The molecule has 1 aliphatic heterocycles. The van der Waals surface area contributed by atoms with Gasteiger partial charge in [-0.3, -0.25) is 15.0 Å². The number of carbonyl (C=O) groups excluding carboxylic acids is 2. The number of hydrogen-bond donors (Lipinski definition) is 1. The van der Waals surface area contributed by atoms with Crippen LogP contribution in [0.4, 0.5) is 10.1 Å². The quantitative estimate of drug-likeness (QED) is 0.550. The van der Waals surface area contributed by atoms with Gasteiger partial charge >= 0.3 is 0 Å². The van der Waals surface area contributed by atoms with Crippen LogP contribution in [-0.2, 0) is 16.1 Å². The Bertz CT molecular complexity index is 1120. The first kappa shape index (κ1) is 17.3. The van der Waals surface area contributed by atoms with Crippen LogP contribution in [0.1, 0.15) is 12.5 Å². The van der Waals surface area contributed by atoms with E-state index < -0.39 is 17.6 Å². The van der Waals surface area contributed by atoms with Crippen LogP contribution in [0.15, 0.2) is 54.2 Å². The number of para-hydroxylation sites is 1. The minimum Gasteiger partial charge on any atom is -0.347 e. The topological polar surface area (TPSA) is 54.3 Å². The summed E-state index contributed by atoms with van der Waals surface area (Å²) < 4.78 is 15.4. The molecule has 2 amide bonds. The SMILES string of the molecule is CCn1cc(/C=C2\C(=O)NN(c3ccc(F)c(Cl)c3)C2=O)c2ccccc21. The number of nitrogens with one attached hydrogen (secondary N) is 1. The number of nitrogens with zero attached hydrogens (tertiary/aromatic N) is 2. The average Bonchev–Trinajstić information content (AvgIpc) is 3.16. The molecule has 2 heterocycles. The van der Waals surface area contributed by atoms with Crippen molar-refractivity contribution in [2.24, 2.45) is 0 Å². The summed E-state index contributed by atoms with van der Waals surface area (Å²) in [7, 11) is 0. The summed E-state index contributed by atoms with van der Waals surface area (Å²) in [6, 6.07) is 11.6. The highest BCUT2D eigenvalue weighted by Gasteiger charge is 2.35. The van der Waals surface area contributed by atoms with Gasteiger partial charge < -0.3 is 4.57 Å². The molecular weight excluding hydrogens is 369 g/mol. The van der Waals surface area contributed by atoms with E-state index in [1.807, 2.05) is 37.4 Å². The predicted octanol–water partition coefficient (Wildman–Crippen LogP) is 3.92. The molecule has 2 aromatic carbocycles. The lowest BCUT2D eigenvalue weighted by Gasteiger charge is -2.14. The molecular formula is C20H15ClFN3O2. The van der Waals surface area contributed by atoms with Gasteiger partial charge in [-0.25, -0.2) is 9.40 Å². The molecule has 0 saturated carbocycles. The maximum Gasteiger partial charge on any atom is 0.282 e. The fourth-order valence-corrected chi connectivity index (χ4v) is 3.35. The van der Waals surface area contributed by atoms with Crippen molar-refractivity contribution in [3.05, 3.63) is 70.6 Å². The van der Waals surface area contributed by atoms with Crippen LogP contribution >= 0.6 is 11.6 Å². The zero-order chi connectivity index (χ0) is 19.1. The molecule has 5 nitrogen and oxygen atoms in total. The Morgan fingerprint density at radius 3 is 2.70 bits per heavy atom. The molecule has 0 aliphatic carbocycles. The Morgan fingerprint density at radius 1 is 1.19 bits per heavy atom. The Morgan fingerprint density at radius 2 is 1.96 bits per heavy atom. The number of carbonyl (C=O) groups is 2. The van der Waals surface area contributed by atoms with Crippen LogP contribution in [0.3, 0.4) is 0 Å². The maximum atomic E-state index is 13.4. The normalized spacial score (nSPS) is 15.8. The lowest BCUT2D eigenvalue weighted by Crippen LogP contribution is -2.35. The fourth-order valence-electron chi connectivity index (χ4n) is 3.17. The van der Waals surface area contributed by atoms with E-state index in [9.17, 15) is 14.0 Å². The van der Waals surface area contributed by atoms with Gasteiger partial charge in [-0.2, -0.15) is 0 Å². The number of aromatic nitrogens is 1. The van der Waals surface area contributed by atoms with Crippen molar-refractivity contribution in [3.63, 3.8) is 0 Å². The standard InChI is InChI=1S/C20H15ClFN3O2/c1-2-24-11-12(14-5-3-4-6-18(14)24)9-15-19(26)23-25(20(15)27)13-7-8-17(22)16(21)10-13/h3-11H,2H2,1H3,(H,23,26)/b15-9+. The summed E-state index contributed by atoms with van der Waals surface area (Å²) in [5, 5.41) is 1.90. The number of hydrogen-bond acceptors (Lipinski definition) is 2. The lowest BCUT2D eigenvalue weighted by molar-refractivity contribution is -0.117. The van der Waals surface area contributed by atoms with Gasteiger partial charge in [-0.15, -0.1) is 0 Å². The second-order valence-electron chi connectivity index (χ2n) is 6.13. The van der Waals surface area contributed by atoms with Crippen molar-refractivity contribution in [1.82, 2.24) is 9.99 Å². The molecule has 4 rings (SSSR count). The summed E-state index contributed by atoms with van der Waals surface area (Å²) in [5.41, 5.74) is 4.60. The van der Waals surface area contributed by atoms with Crippen molar-refractivity contribution in [2.45, 2.75) is 13.5 Å². The first-order valence-electron chi connectivity index (χ1n) is 8.39. The van der Waals surface area contributed by atoms with Crippen molar-refractivity contribution >= 4 is 46.1 Å². The Kier molecular flexibility index (Phi) is 4.20. The van der Waals surface area contributed by atoms with Crippen molar-refractivity contribution in [1.29, 1.82) is 0 Å². The van der Waals surface area contributed by atoms with Crippen LogP contribution in [0, 0.1) is 5.82 Å². The van der Waals surface area contributed by atoms with E-state index in [1.54, 1.807) is 6.08 Å². The van der Waals surface area contributed by atoms with Crippen LogP contribution in [0.5, 0.6) is 0 Å². The highest BCUT2D eigenvalue weighted by atomic mass is 35.5. The van der Waals surface area contributed by atoms with Gasteiger partial charge in [-0.05, 0) is 37.3 Å².